The lowest BCUT2D eigenvalue weighted by molar-refractivity contribution is -0.118. The van der Waals surface area contributed by atoms with Crippen LogP contribution >= 0.6 is 7.37 Å². The Morgan fingerprint density at radius 3 is 2.69 bits per heavy atom. The van der Waals surface area contributed by atoms with Gasteiger partial charge in [0.05, 0.1) is 24.4 Å². The van der Waals surface area contributed by atoms with Gasteiger partial charge in [0.15, 0.2) is 0 Å². The van der Waals surface area contributed by atoms with Crippen LogP contribution in [0.4, 0.5) is 0 Å². The summed E-state index contributed by atoms with van der Waals surface area (Å²) in [5.74, 6) is -1.02. The summed E-state index contributed by atoms with van der Waals surface area (Å²) in [7, 11) is -3.27. The predicted molar refractivity (Wildman–Crippen MR) is 111 cm³/mol. The molecule has 1 heterocycles. The molecule has 162 valence electrons. The third kappa shape index (κ3) is 8.66. The maximum atomic E-state index is 12.4. The van der Waals surface area contributed by atoms with Crippen molar-refractivity contribution in [3.63, 3.8) is 0 Å². The number of nitrogens with one attached hydrogen (secondary N) is 2. The highest BCUT2D eigenvalue weighted by Gasteiger charge is 2.29. The van der Waals surface area contributed by atoms with Crippen molar-refractivity contribution in [2.75, 3.05) is 32.0 Å². The van der Waals surface area contributed by atoms with Crippen LogP contribution in [0.2, 0.25) is 0 Å². The first-order chi connectivity index (χ1) is 13.8. The number of ether oxygens (including phenoxy) is 1. The fourth-order valence-electron chi connectivity index (χ4n) is 3.42. The van der Waals surface area contributed by atoms with E-state index in [0.717, 1.165) is 18.4 Å². The number of aromatic carboxylic acids is 1. The molecule has 0 spiro atoms. The molecule has 1 aromatic carbocycles. The Kier molecular flexibility index (Phi) is 9.30. The average molecular weight is 426 g/mol. The summed E-state index contributed by atoms with van der Waals surface area (Å²) >= 11 is 0. The number of rotatable bonds is 11. The highest BCUT2D eigenvalue weighted by Crippen LogP contribution is 2.42. The Labute approximate surface area is 171 Å². The second-order valence-corrected chi connectivity index (χ2v) is 10.0. The Morgan fingerprint density at radius 1 is 1.28 bits per heavy atom. The minimum Gasteiger partial charge on any atom is -0.478 e. The molecule has 1 aliphatic heterocycles. The first-order valence-electron chi connectivity index (χ1n) is 9.98. The van der Waals surface area contributed by atoms with Gasteiger partial charge in [0.2, 0.25) is 13.3 Å². The molecule has 1 fully saturated rings. The summed E-state index contributed by atoms with van der Waals surface area (Å²) in [6, 6.07) is 6.87. The highest BCUT2D eigenvalue weighted by molar-refractivity contribution is 7.58. The van der Waals surface area contributed by atoms with E-state index in [1.807, 2.05) is 6.07 Å². The van der Waals surface area contributed by atoms with E-state index >= 15 is 0 Å². The van der Waals surface area contributed by atoms with Crippen LogP contribution in [0.5, 0.6) is 0 Å². The maximum Gasteiger partial charge on any atom is 0.335 e. The Balaban J connectivity index is 1.70. The molecule has 0 saturated carbocycles. The average Bonchev–Trinajstić information content (AvgIpc) is 2.66. The number of unbranched alkanes of at least 4 members (excludes halogenated alkanes) is 2. The Hall–Kier alpha value is -1.73. The fraction of sp³-hybridized carbons (Fsp3) is 0.600. The summed E-state index contributed by atoms with van der Waals surface area (Å²) in [6.45, 7) is 2.89. The van der Waals surface area contributed by atoms with Gasteiger partial charge in [-0.15, -0.1) is 0 Å². The third-order valence-electron chi connectivity index (χ3n) is 4.93. The number of carboxylic acids is 1. The lowest BCUT2D eigenvalue weighted by Crippen LogP contribution is -2.48. The van der Waals surface area contributed by atoms with Crippen molar-refractivity contribution < 1.29 is 28.9 Å². The largest absolute Gasteiger partial charge is 0.478 e. The SMILES string of the molecule is CC(=O)NCCCCCP(=O)(O)CC1CNC(Cc2ccccc2C(=O)O)CO1. The van der Waals surface area contributed by atoms with Gasteiger partial charge < -0.3 is 25.4 Å². The minimum absolute atomic E-state index is 0.0291. The summed E-state index contributed by atoms with van der Waals surface area (Å²) in [5, 5.41) is 15.3. The number of benzene rings is 1. The van der Waals surface area contributed by atoms with Gasteiger partial charge in [-0.2, -0.15) is 0 Å². The summed E-state index contributed by atoms with van der Waals surface area (Å²) in [5.41, 5.74) is 1.03. The number of hydrogen-bond donors (Lipinski definition) is 4. The Bertz CT molecular complexity index is 733. The van der Waals surface area contributed by atoms with E-state index in [9.17, 15) is 24.2 Å². The van der Waals surface area contributed by atoms with Crippen molar-refractivity contribution in [2.24, 2.45) is 0 Å². The number of carboxylic acid groups (broad SMARTS) is 1. The molecule has 0 bridgehead atoms. The van der Waals surface area contributed by atoms with Gasteiger partial charge in [-0.1, -0.05) is 24.6 Å². The van der Waals surface area contributed by atoms with E-state index in [2.05, 4.69) is 10.6 Å². The molecule has 1 aromatic rings. The van der Waals surface area contributed by atoms with Crippen LogP contribution in [0, 0.1) is 0 Å². The van der Waals surface area contributed by atoms with Gasteiger partial charge in [0.25, 0.3) is 0 Å². The van der Waals surface area contributed by atoms with Crippen LogP contribution in [-0.2, 0) is 20.5 Å². The van der Waals surface area contributed by atoms with Gasteiger partial charge in [0, 0.05) is 32.2 Å². The second-order valence-electron chi connectivity index (χ2n) is 7.52. The molecular formula is C20H31N2O6P. The second kappa shape index (κ2) is 11.5. The summed E-state index contributed by atoms with van der Waals surface area (Å²) < 4.78 is 18.2. The van der Waals surface area contributed by atoms with Gasteiger partial charge in [-0.05, 0) is 30.9 Å². The summed E-state index contributed by atoms with van der Waals surface area (Å²) in [4.78, 5) is 32.3. The normalized spacial score (nSPS) is 21.3. The minimum atomic E-state index is -3.27. The van der Waals surface area contributed by atoms with Gasteiger partial charge >= 0.3 is 5.97 Å². The molecule has 4 N–H and O–H groups in total. The lowest BCUT2D eigenvalue weighted by atomic mass is 10.00. The first-order valence-corrected chi connectivity index (χ1v) is 12.0. The van der Waals surface area contributed by atoms with E-state index in [4.69, 9.17) is 4.74 Å². The highest BCUT2D eigenvalue weighted by atomic mass is 31.2. The zero-order valence-corrected chi connectivity index (χ0v) is 17.7. The van der Waals surface area contributed by atoms with Crippen molar-refractivity contribution in [2.45, 2.75) is 44.8 Å². The zero-order valence-electron chi connectivity index (χ0n) is 16.8. The van der Waals surface area contributed by atoms with E-state index in [1.54, 1.807) is 18.2 Å². The van der Waals surface area contributed by atoms with Crippen molar-refractivity contribution >= 4 is 19.2 Å². The van der Waals surface area contributed by atoms with Gasteiger partial charge in [-0.3, -0.25) is 9.36 Å². The van der Waals surface area contributed by atoms with E-state index in [1.165, 1.54) is 6.92 Å². The van der Waals surface area contributed by atoms with Crippen LogP contribution in [0.25, 0.3) is 0 Å². The van der Waals surface area contributed by atoms with Crippen LogP contribution in [-0.4, -0.2) is 66.0 Å². The lowest BCUT2D eigenvalue weighted by Gasteiger charge is -2.31. The Morgan fingerprint density at radius 2 is 2.03 bits per heavy atom. The fourth-order valence-corrected chi connectivity index (χ4v) is 5.19. The molecule has 0 aromatic heterocycles. The van der Waals surface area contributed by atoms with Crippen molar-refractivity contribution in [1.82, 2.24) is 10.6 Å². The van der Waals surface area contributed by atoms with Crippen molar-refractivity contribution in [1.29, 1.82) is 0 Å². The molecule has 1 amide bonds. The van der Waals surface area contributed by atoms with E-state index in [0.29, 0.717) is 32.5 Å². The van der Waals surface area contributed by atoms with E-state index in [-0.39, 0.29) is 35.9 Å². The number of carbonyl (C=O) groups excluding carboxylic acids is 1. The molecule has 1 saturated heterocycles. The topological polar surface area (TPSA) is 125 Å². The monoisotopic (exact) mass is 426 g/mol. The molecule has 0 aliphatic carbocycles. The first kappa shape index (κ1) is 23.5. The molecular weight excluding hydrogens is 395 g/mol. The maximum absolute atomic E-state index is 12.4. The smallest absolute Gasteiger partial charge is 0.335 e. The number of morpholine rings is 1. The standard InChI is InChI=1S/C20H31N2O6P/c1-15(23)21-9-5-2-6-10-29(26,27)14-18-12-22-17(13-28-18)11-16-7-3-4-8-19(16)20(24)25/h3-4,7-8,17-18,22H,2,5-6,9-14H2,1H3,(H,21,23)(H,24,25)(H,26,27). The van der Waals surface area contributed by atoms with Crippen LogP contribution in [0.15, 0.2) is 24.3 Å². The van der Waals surface area contributed by atoms with Gasteiger partial charge in [0.1, 0.15) is 0 Å². The van der Waals surface area contributed by atoms with Crippen LogP contribution < -0.4 is 10.6 Å². The molecule has 29 heavy (non-hydrogen) atoms. The quantitative estimate of drug-likeness (QED) is 0.314. The molecule has 3 unspecified atom stereocenters. The molecule has 1 aliphatic rings. The molecule has 9 heteroatoms. The molecule has 3 atom stereocenters. The molecule has 2 rings (SSSR count). The molecule has 0 radical (unpaired) electrons. The van der Waals surface area contributed by atoms with Crippen molar-refractivity contribution in [3.8, 4) is 0 Å². The van der Waals surface area contributed by atoms with Gasteiger partial charge in [-0.25, -0.2) is 4.79 Å². The zero-order chi connectivity index (χ0) is 21.3. The number of hydrogen-bond acceptors (Lipinski definition) is 5. The van der Waals surface area contributed by atoms with E-state index < -0.39 is 13.3 Å². The number of amides is 1. The molecule has 8 nitrogen and oxygen atoms in total. The predicted octanol–water partition coefficient (Wildman–Crippen LogP) is 1.86. The van der Waals surface area contributed by atoms with Crippen molar-refractivity contribution in [3.05, 3.63) is 35.4 Å². The third-order valence-corrected chi connectivity index (χ3v) is 6.92. The summed E-state index contributed by atoms with van der Waals surface area (Å²) in [6.07, 6.45) is 2.80. The number of carbonyl (C=O) groups is 2. The van der Waals surface area contributed by atoms with Crippen LogP contribution in [0.1, 0.15) is 42.1 Å². The van der Waals surface area contributed by atoms with Crippen LogP contribution in [0.3, 0.4) is 0 Å².